The van der Waals surface area contributed by atoms with Gasteiger partial charge in [-0.3, -0.25) is 0 Å². The third-order valence-corrected chi connectivity index (χ3v) is 2.33. The molecule has 3 N–H and O–H groups in total. The van der Waals surface area contributed by atoms with Gasteiger partial charge in [0.2, 0.25) is 0 Å². The van der Waals surface area contributed by atoms with Crippen LogP contribution in [0.1, 0.15) is 17.2 Å². The van der Waals surface area contributed by atoms with Crippen LogP contribution in [0.5, 0.6) is 0 Å². The zero-order valence-corrected chi connectivity index (χ0v) is 8.52. The maximum atomic E-state index is 9.54. The molecule has 0 radical (unpaired) electrons. The van der Waals surface area contributed by atoms with Crippen LogP contribution in [0.4, 0.5) is 0 Å². The molecule has 0 fully saturated rings. The summed E-state index contributed by atoms with van der Waals surface area (Å²) >= 11 is 5.70. The average molecular weight is 228 g/mol. The van der Waals surface area contributed by atoms with Crippen molar-refractivity contribution in [3.05, 3.63) is 34.3 Å². The van der Waals surface area contributed by atoms with Crippen molar-refractivity contribution in [3.63, 3.8) is 0 Å². The summed E-state index contributed by atoms with van der Waals surface area (Å²) in [7, 11) is 0. The van der Waals surface area contributed by atoms with E-state index >= 15 is 0 Å². The minimum atomic E-state index is -1.27. The predicted molar refractivity (Wildman–Crippen MR) is 54.2 cm³/mol. The lowest BCUT2D eigenvalue weighted by Gasteiger charge is -2.16. The maximum Gasteiger partial charge on any atom is 0.107 e. The number of hydrogen-bond donors (Lipinski definition) is 3. The van der Waals surface area contributed by atoms with Crippen molar-refractivity contribution in [1.29, 1.82) is 5.26 Å². The Morgan fingerprint density at radius 1 is 1.40 bits per heavy atom. The summed E-state index contributed by atoms with van der Waals surface area (Å²) in [6.07, 6.45) is -2.49. The molecule has 0 bridgehead atoms. The van der Waals surface area contributed by atoms with Crippen LogP contribution in [0.25, 0.3) is 0 Å². The molecule has 1 rings (SSSR count). The Hall–Kier alpha value is -1.12. The highest BCUT2D eigenvalue weighted by molar-refractivity contribution is 6.31. The topological polar surface area (TPSA) is 84.5 Å². The monoisotopic (exact) mass is 227 g/mol. The van der Waals surface area contributed by atoms with Gasteiger partial charge in [0.25, 0.3) is 0 Å². The number of aliphatic hydroxyl groups is 3. The van der Waals surface area contributed by atoms with Gasteiger partial charge in [0.15, 0.2) is 0 Å². The minimum Gasteiger partial charge on any atom is -0.394 e. The highest BCUT2D eigenvalue weighted by Gasteiger charge is 2.18. The van der Waals surface area contributed by atoms with Crippen LogP contribution in [0.2, 0.25) is 5.02 Å². The molecule has 4 nitrogen and oxygen atoms in total. The van der Waals surface area contributed by atoms with Crippen LogP contribution >= 0.6 is 11.6 Å². The molecule has 0 saturated heterocycles. The Morgan fingerprint density at radius 3 is 2.60 bits per heavy atom. The summed E-state index contributed by atoms with van der Waals surface area (Å²) < 4.78 is 0. The van der Waals surface area contributed by atoms with E-state index < -0.39 is 18.8 Å². The van der Waals surface area contributed by atoms with Crippen molar-refractivity contribution in [1.82, 2.24) is 0 Å². The van der Waals surface area contributed by atoms with E-state index in [1.54, 1.807) is 0 Å². The zero-order chi connectivity index (χ0) is 11.4. The summed E-state index contributed by atoms with van der Waals surface area (Å²) in [4.78, 5) is 0. The molecule has 15 heavy (non-hydrogen) atoms. The number of nitriles is 1. The van der Waals surface area contributed by atoms with E-state index in [1.165, 1.54) is 18.2 Å². The molecule has 0 aliphatic carbocycles. The van der Waals surface area contributed by atoms with Crippen LogP contribution in [-0.2, 0) is 0 Å². The fourth-order valence-corrected chi connectivity index (χ4v) is 1.29. The normalized spacial score (nSPS) is 14.3. The van der Waals surface area contributed by atoms with Gasteiger partial charge in [-0.05, 0) is 17.7 Å². The number of aliphatic hydroxyl groups excluding tert-OH is 3. The Bertz CT molecular complexity index is 389. The van der Waals surface area contributed by atoms with Gasteiger partial charge in [-0.15, -0.1) is 0 Å². The van der Waals surface area contributed by atoms with E-state index in [0.29, 0.717) is 5.56 Å². The lowest BCUT2D eigenvalue weighted by atomic mass is 10.0. The van der Waals surface area contributed by atoms with Gasteiger partial charge in [0, 0.05) is 0 Å². The molecule has 0 amide bonds. The van der Waals surface area contributed by atoms with Gasteiger partial charge in [0.1, 0.15) is 18.3 Å². The zero-order valence-electron chi connectivity index (χ0n) is 7.76. The third-order valence-electron chi connectivity index (χ3n) is 2.00. The quantitative estimate of drug-likeness (QED) is 0.706. The number of hydrogen-bond acceptors (Lipinski definition) is 4. The van der Waals surface area contributed by atoms with Crippen LogP contribution < -0.4 is 0 Å². The highest BCUT2D eigenvalue weighted by Crippen LogP contribution is 2.22. The molecule has 80 valence electrons. The average Bonchev–Trinajstić information content (AvgIpc) is 2.27. The van der Waals surface area contributed by atoms with E-state index in [-0.39, 0.29) is 10.6 Å². The van der Waals surface area contributed by atoms with Crippen LogP contribution in [0, 0.1) is 11.3 Å². The Labute approximate surface area is 92.0 Å². The van der Waals surface area contributed by atoms with Gasteiger partial charge in [-0.1, -0.05) is 17.7 Å². The van der Waals surface area contributed by atoms with Crippen LogP contribution in [0.3, 0.4) is 0 Å². The lowest BCUT2D eigenvalue weighted by Crippen LogP contribution is -2.22. The molecule has 2 atom stereocenters. The molecule has 0 aliphatic rings. The molecule has 1 aromatic rings. The Morgan fingerprint density at radius 2 is 2.07 bits per heavy atom. The molecule has 1 aromatic carbocycles. The number of nitrogens with zero attached hydrogens (tertiary/aromatic N) is 1. The predicted octanol–water partition coefficient (Wildman–Crippen LogP) is 0.598. The summed E-state index contributed by atoms with van der Waals surface area (Å²) in [6.45, 7) is -0.550. The minimum absolute atomic E-state index is 0.221. The largest absolute Gasteiger partial charge is 0.394 e. The second-order valence-corrected chi connectivity index (χ2v) is 3.45. The highest BCUT2D eigenvalue weighted by atomic mass is 35.5. The van der Waals surface area contributed by atoms with Crippen LogP contribution in [0.15, 0.2) is 18.2 Å². The van der Waals surface area contributed by atoms with Gasteiger partial charge in [-0.2, -0.15) is 5.26 Å². The second kappa shape index (κ2) is 5.10. The molecule has 0 spiro atoms. The Balaban J connectivity index is 3.02. The van der Waals surface area contributed by atoms with Gasteiger partial charge >= 0.3 is 0 Å². The first kappa shape index (κ1) is 12.0. The molecule has 0 aromatic heterocycles. The van der Waals surface area contributed by atoms with Crippen LogP contribution in [-0.4, -0.2) is 28.0 Å². The van der Waals surface area contributed by atoms with Crippen molar-refractivity contribution in [2.45, 2.75) is 12.2 Å². The Kier molecular flexibility index (Phi) is 4.06. The molecule has 0 heterocycles. The van der Waals surface area contributed by atoms with E-state index in [9.17, 15) is 10.2 Å². The SMILES string of the molecule is N#Cc1cc(C(O)C(O)CO)ccc1Cl. The van der Waals surface area contributed by atoms with Crippen molar-refractivity contribution < 1.29 is 15.3 Å². The number of rotatable bonds is 3. The summed E-state index contributed by atoms with van der Waals surface area (Å²) in [6, 6.07) is 6.19. The van der Waals surface area contributed by atoms with Gasteiger partial charge in [0.05, 0.1) is 17.2 Å². The smallest absolute Gasteiger partial charge is 0.107 e. The fourth-order valence-electron chi connectivity index (χ4n) is 1.13. The van der Waals surface area contributed by atoms with Gasteiger partial charge in [-0.25, -0.2) is 0 Å². The lowest BCUT2D eigenvalue weighted by molar-refractivity contribution is -0.0152. The molecule has 0 aliphatic heterocycles. The molecular weight excluding hydrogens is 218 g/mol. The number of benzene rings is 1. The van der Waals surface area contributed by atoms with E-state index in [0.717, 1.165) is 0 Å². The maximum absolute atomic E-state index is 9.54. The first-order valence-corrected chi connectivity index (χ1v) is 4.64. The number of halogens is 1. The molecule has 2 unspecified atom stereocenters. The third kappa shape index (κ3) is 2.67. The second-order valence-electron chi connectivity index (χ2n) is 3.05. The fraction of sp³-hybridized carbons (Fsp3) is 0.300. The van der Waals surface area contributed by atoms with Crippen molar-refractivity contribution >= 4 is 11.6 Å². The van der Waals surface area contributed by atoms with Gasteiger partial charge < -0.3 is 15.3 Å². The van der Waals surface area contributed by atoms with E-state index in [2.05, 4.69) is 0 Å². The molecular formula is C10H10ClNO3. The summed E-state index contributed by atoms with van der Waals surface area (Å²) in [5.41, 5.74) is 0.566. The molecule has 5 heteroatoms. The first-order chi connectivity index (χ1) is 7.10. The van der Waals surface area contributed by atoms with Crippen molar-refractivity contribution in [2.75, 3.05) is 6.61 Å². The summed E-state index contributed by atoms with van der Waals surface area (Å²) in [5, 5.41) is 36.4. The van der Waals surface area contributed by atoms with Crippen molar-refractivity contribution in [3.8, 4) is 6.07 Å². The first-order valence-electron chi connectivity index (χ1n) is 4.26. The summed E-state index contributed by atoms with van der Waals surface area (Å²) in [5.74, 6) is 0. The van der Waals surface area contributed by atoms with E-state index in [1.807, 2.05) is 6.07 Å². The molecule has 0 saturated carbocycles. The van der Waals surface area contributed by atoms with Crippen molar-refractivity contribution in [2.24, 2.45) is 0 Å². The van der Waals surface area contributed by atoms with E-state index in [4.69, 9.17) is 22.0 Å². The standard InChI is InChI=1S/C10H10ClNO3/c11-8-2-1-6(3-7(8)4-12)10(15)9(14)5-13/h1-3,9-10,13-15H,5H2.